The zero-order chi connectivity index (χ0) is 16.2. The third kappa shape index (κ3) is 3.11. The molecule has 6 heteroatoms. The summed E-state index contributed by atoms with van der Waals surface area (Å²) in [6.45, 7) is 2.39. The maximum Gasteiger partial charge on any atom is 0.251 e. The van der Waals surface area contributed by atoms with Crippen molar-refractivity contribution >= 4 is 16.8 Å². The van der Waals surface area contributed by atoms with E-state index in [1.165, 1.54) is 12.4 Å². The van der Waals surface area contributed by atoms with Crippen LogP contribution in [0.4, 0.5) is 4.39 Å². The molecule has 0 aliphatic rings. The summed E-state index contributed by atoms with van der Waals surface area (Å²) in [4.78, 5) is 19.8. The van der Waals surface area contributed by atoms with Crippen molar-refractivity contribution in [1.29, 1.82) is 0 Å². The smallest absolute Gasteiger partial charge is 0.251 e. The lowest BCUT2D eigenvalue weighted by Crippen LogP contribution is -2.22. The summed E-state index contributed by atoms with van der Waals surface area (Å²) in [5.41, 5.74) is 0.672. The Morgan fingerprint density at radius 1 is 1.22 bits per heavy atom. The van der Waals surface area contributed by atoms with Crippen molar-refractivity contribution in [1.82, 2.24) is 15.3 Å². The summed E-state index contributed by atoms with van der Waals surface area (Å²) in [5.74, 6) is 0.0583. The van der Waals surface area contributed by atoms with Crippen LogP contribution in [0.25, 0.3) is 10.9 Å². The fraction of sp³-hybridized carbons (Fsp3) is 0.118. The van der Waals surface area contributed by atoms with Crippen molar-refractivity contribution in [3.8, 4) is 11.6 Å². The van der Waals surface area contributed by atoms with Gasteiger partial charge in [0.25, 0.3) is 5.91 Å². The van der Waals surface area contributed by atoms with E-state index in [2.05, 4.69) is 15.3 Å². The minimum absolute atomic E-state index is 0.184. The molecular formula is C17H14FN3O2. The molecule has 0 unspecified atom stereocenters. The van der Waals surface area contributed by atoms with Gasteiger partial charge < -0.3 is 10.1 Å². The second kappa shape index (κ2) is 6.39. The number of hydrogen-bond acceptors (Lipinski definition) is 4. The van der Waals surface area contributed by atoms with Gasteiger partial charge in [0.15, 0.2) is 0 Å². The number of aromatic nitrogens is 2. The van der Waals surface area contributed by atoms with Gasteiger partial charge in [0.05, 0.1) is 5.39 Å². The van der Waals surface area contributed by atoms with Gasteiger partial charge in [-0.2, -0.15) is 0 Å². The fourth-order valence-electron chi connectivity index (χ4n) is 2.18. The largest absolute Gasteiger partial charge is 0.438 e. The summed E-state index contributed by atoms with van der Waals surface area (Å²) < 4.78 is 19.5. The van der Waals surface area contributed by atoms with Crippen LogP contribution in [0.15, 0.2) is 48.8 Å². The predicted octanol–water partition coefficient (Wildman–Crippen LogP) is 3.31. The normalized spacial score (nSPS) is 10.5. The van der Waals surface area contributed by atoms with Crippen LogP contribution in [0, 0.1) is 5.82 Å². The number of ether oxygens (including phenoxy) is 1. The molecule has 23 heavy (non-hydrogen) atoms. The number of fused-ring (bicyclic) bond motifs is 1. The maximum atomic E-state index is 13.8. The van der Waals surface area contributed by atoms with E-state index in [0.29, 0.717) is 23.2 Å². The molecule has 0 atom stereocenters. The van der Waals surface area contributed by atoms with E-state index in [0.717, 1.165) is 0 Å². The van der Waals surface area contributed by atoms with Gasteiger partial charge in [-0.3, -0.25) is 4.79 Å². The highest BCUT2D eigenvalue weighted by Crippen LogP contribution is 2.28. The SMILES string of the molecule is CCNC(=O)c1cccc(Oc2ncnc3c(F)cccc23)c1. The highest BCUT2D eigenvalue weighted by atomic mass is 19.1. The monoisotopic (exact) mass is 311 g/mol. The Balaban J connectivity index is 1.95. The van der Waals surface area contributed by atoms with Crippen molar-refractivity contribution < 1.29 is 13.9 Å². The second-order valence-corrected chi connectivity index (χ2v) is 4.80. The Kier molecular flexibility index (Phi) is 4.14. The van der Waals surface area contributed by atoms with E-state index in [9.17, 15) is 9.18 Å². The number of nitrogens with zero attached hydrogens (tertiary/aromatic N) is 2. The lowest BCUT2D eigenvalue weighted by Gasteiger charge is -2.09. The Labute approximate surface area is 132 Å². The van der Waals surface area contributed by atoms with Gasteiger partial charge in [-0.1, -0.05) is 12.1 Å². The average Bonchev–Trinajstić information content (AvgIpc) is 2.56. The first kappa shape index (κ1) is 14.9. The van der Waals surface area contributed by atoms with Gasteiger partial charge >= 0.3 is 0 Å². The summed E-state index contributed by atoms with van der Waals surface area (Å²) in [5, 5.41) is 3.19. The highest BCUT2D eigenvalue weighted by Gasteiger charge is 2.11. The molecule has 1 amide bonds. The maximum absolute atomic E-state index is 13.8. The summed E-state index contributed by atoms with van der Waals surface area (Å²) in [6, 6.07) is 11.3. The molecule has 0 fully saturated rings. The molecule has 1 aromatic heterocycles. The summed E-state index contributed by atoms with van der Waals surface area (Å²) in [6.07, 6.45) is 1.24. The van der Waals surface area contributed by atoms with Crippen LogP contribution >= 0.6 is 0 Å². The number of rotatable bonds is 4. The van der Waals surface area contributed by atoms with Gasteiger partial charge in [0.1, 0.15) is 23.4 Å². The molecule has 3 aromatic rings. The summed E-state index contributed by atoms with van der Waals surface area (Å²) >= 11 is 0. The van der Waals surface area contributed by atoms with Crippen LogP contribution in [0.3, 0.4) is 0 Å². The van der Waals surface area contributed by atoms with Crippen LogP contribution in [0.2, 0.25) is 0 Å². The molecule has 1 N–H and O–H groups in total. The molecule has 0 aliphatic carbocycles. The molecule has 3 rings (SSSR count). The molecule has 0 saturated carbocycles. The van der Waals surface area contributed by atoms with Crippen LogP contribution in [-0.2, 0) is 0 Å². The van der Waals surface area contributed by atoms with Crippen molar-refractivity contribution in [2.75, 3.05) is 6.54 Å². The average molecular weight is 311 g/mol. The minimum atomic E-state index is -0.439. The number of halogens is 1. The van der Waals surface area contributed by atoms with Gasteiger partial charge in [-0.25, -0.2) is 14.4 Å². The van der Waals surface area contributed by atoms with Crippen LogP contribution in [0.5, 0.6) is 11.6 Å². The van der Waals surface area contributed by atoms with E-state index in [1.807, 2.05) is 6.92 Å². The number of benzene rings is 2. The Morgan fingerprint density at radius 3 is 2.87 bits per heavy atom. The number of amides is 1. The van der Waals surface area contributed by atoms with E-state index >= 15 is 0 Å². The van der Waals surface area contributed by atoms with Crippen molar-refractivity contribution in [2.24, 2.45) is 0 Å². The first-order valence-electron chi connectivity index (χ1n) is 7.14. The van der Waals surface area contributed by atoms with E-state index in [-0.39, 0.29) is 17.3 Å². The zero-order valence-electron chi connectivity index (χ0n) is 12.4. The van der Waals surface area contributed by atoms with E-state index in [1.54, 1.807) is 36.4 Å². The molecule has 0 bridgehead atoms. The lowest BCUT2D eigenvalue weighted by molar-refractivity contribution is 0.0955. The summed E-state index contributed by atoms with van der Waals surface area (Å²) in [7, 11) is 0. The zero-order valence-corrected chi connectivity index (χ0v) is 12.4. The van der Waals surface area contributed by atoms with Crippen LogP contribution < -0.4 is 10.1 Å². The Hall–Kier alpha value is -3.02. The van der Waals surface area contributed by atoms with Crippen molar-refractivity contribution in [3.63, 3.8) is 0 Å². The molecule has 2 aromatic carbocycles. The Bertz CT molecular complexity index is 867. The van der Waals surface area contributed by atoms with Crippen LogP contribution in [-0.4, -0.2) is 22.4 Å². The number of para-hydroxylation sites is 1. The minimum Gasteiger partial charge on any atom is -0.438 e. The highest BCUT2D eigenvalue weighted by molar-refractivity contribution is 5.94. The van der Waals surface area contributed by atoms with Gasteiger partial charge in [0.2, 0.25) is 5.88 Å². The molecule has 0 radical (unpaired) electrons. The third-order valence-corrected chi connectivity index (χ3v) is 3.23. The molecular weight excluding hydrogens is 297 g/mol. The van der Waals surface area contributed by atoms with Gasteiger partial charge in [-0.15, -0.1) is 0 Å². The first-order valence-corrected chi connectivity index (χ1v) is 7.14. The predicted molar refractivity (Wildman–Crippen MR) is 84.0 cm³/mol. The quantitative estimate of drug-likeness (QED) is 0.803. The lowest BCUT2D eigenvalue weighted by atomic mass is 10.2. The van der Waals surface area contributed by atoms with E-state index < -0.39 is 5.82 Å². The molecule has 0 spiro atoms. The van der Waals surface area contributed by atoms with Gasteiger partial charge in [0, 0.05) is 12.1 Å². The topological polar surface area (TPSA) is 64.1 Å². The first-order chi connectivity index (χ1) is 11.2. The third-order valence-electron chi connectivity index (χ3n) is 3.23. The number of nitrogens with one attached hydrogen (secondary N) is 1. The number of hydrogen-bond donors (Lipinski definition) is 1. The van der Waals surface area contributed by atoms with Crippen molar-refractivity contribution in [2.45, 2.75) is 6.92 Å². The van der Waals surface area contributed by atoms with Gasteiger partial charge in [-0.05, 0) is 37.3 Å². The molecule has 0 aliphatic heterocycles. The molecule has 0 saturated heterocycles. The Morgan fingerprint density at radius 2 is 2.04 bits per heavy atom. The molecule has 5 nitrogen and oxygen atoms in total. The van der Waals surface area contributed by atoms with Crippen molar-refractivity contribution in [3.05, 3.63) is 60.2 Å². The molecule has 1 heterocycles. The van der Waals surface area contributed by atoms with Crippen LogP contribution in [0.1, 0.15) is 17.3 Å². The second-order valence-electron chi connectivity index (χ2n) is 4.80. The number of carbonyl (C=O) groups excluding carboxylic acids is 1. The number of carbonyl (C=O) groups is 1. The fourth-order valence-corrected chi connectivity index (χ4v) is 2.18. The standard InChI is InChI=1S/C17H14FN3O2/c1-2-19-16(22)11-5-3-6-12(9-11)23-17-13-7-4-8-14(18)15(13)20-10-21-17/h3-10H,2H2,1H3,(H,19,22). The van der Waals surface area contributed by atoms with E-state index in [4.69, 9.17) is 4.74 Å². The molecule has 116 valence electrons.